The van der Waals surface area contributed by atoms with Gasteiger partial charge in [0, 0.05) is 24.8 Å². The van der Waals surface area contributed by atoms with Gasteiger partial charge in [0.05, 0.1) is 5.75 Å². The molecule has 0 aliphatic heterocycles. The minimum absolute atomic E-state index is 0. The Kier molecular flexibility index (Phi) is 7.17. The fourth-order valence-electron chi connectivity index (χ4n) is 2.91. The van der Waals surface area contributed by atoms with Crippen LogP contribution in [0.1, 0.15) is 46.5 Å². The fraction of sp³-hybridized carbons (Fsp3) is 0.929. The van der Waals surface area contributed by atoms with Crippen LogP contribution >= 0.6 is 12.4 Å². The van der Waals surface area contributed by atoms with Crippen LogP contribution in [0.5, 0.6) is 0 Å². The molecule has 21 heavy (non-hydrogen) atoms. The molecule has 1 rings (SSSR count). The Hall–Kier alpha value is -0.330. The molecule has 1 amide bonds. The molecular formula is C14H29ClN2O3S. The lowest BCUT2D eigenvalue weighted by Gasteiger charge is -2.32. The van der Waals surface area contributed by atoms with E-state index >= 15 is 0 Å². The summed E-state index contributed by atoms with van der Waals surface area (Å²) in [6.07, 6.45) is 3.96. The molecule has 1 aliphatic rings. The van der Waals surface area contributed by atoms with Gasteiger partial charge >= 0.3 is 0 Å². The molecular weight excluding hydrogens is 312 g/mol. The molecule has 0 heterocycles. The summed E-state index contributed by atoms with van der Waals surface area (Å²) >= 11 is 0. The number of halogens is 1. The quantitative estimate of drug-likeness (QED) is 0.700. The fourth-order valence-corrected chi connectivity index (χ4v) is 4.42. The van der Waals surface area contributed by atoms with Crippen molar-refractivity contribution in [1.29, 1.82) is 0 Å². The first-order chi connectivity index (χ1) is 8.99. The van der Waals surface area contributed by atoms with E-state index in [1.165, 1.54) is 6.26 Å². The number of nitrogens with one attached hydrogen (secondary N) is 1. The number of rotatable bonds is 8. The summed E-state index contributed by atoms with van der Waals surface area (Å²) in [7, 11) is -3.04. The molecule has 0 aromatic rings. The van der Waals surface area contributed by atoms with Gasteiger partial charge in [-0.15, -0.1) is 12.4 Å². The Balaban J connectivity index is 0.00000400. The Morgan fingerprint density at radius 1 is 1.38 bits per heavy atom. The lowest BCUT2D eigenvalue weighted by molar-refractivity contribution is -0.124. The van der Waals surface area contributed by atoms with Crippen LogP contribution in [0.4, 0.5) is 0 Å². The highest BCUT2D eigenvalue weighted by Gasteiger charge is 2.47. The van der Waals surface area contributed by atoms with Crippen LogP contribution in [0.25, 0.3) is 0 Å². The molecule has 1 unspecified atom stereocenters. The van der Waals surface area contributed by atoms with Crippen LogP contribution in [-0.4, -0.2) is 38.4 Å². The number of hydrogen-bond acceptors (Lipinski definition) is 4. The molecule has 0 saturated heterocycles. The normalized spacial score (nSPS) is 19.5. The van der Waals surface area contributed by atoms with Crippen molar-refractivity contribution in [3.8, 4) is 0 Å². The lowest BCUT2D eigenvalue weighted by Crippen LogP contribution is -2.52. The van der Waals surface area contributed by atoms with Crippen molar-refractivity contribution >= 4 is 28.2 Å². The third kappa shape index (κ3) is 7.47. The van der Waals surface area contributed by atoms with E-state index in [-0.39, 0.29) is 35.9 Å². The van der Waals surface area contributed by atoms with Gasteiger partial charge in [0.15, 0.2) is 0 Å². The second kappa shape index (κ2) is 7.29. The van der Waals surface area contributed by atoms with Gasteiger partial charge in [-0.05, 0) is 37.5 Å². The molecule has 0 aromatic heterocycles. The van der Waals surface area contributed by atoms with Crippen LogP contribution in [-0.2, 0) is 14.6 Å². The Labute approximate surface area is 134 Å². The number of hydrogen-bond donors (Lipinski definition) is 2. The topological polar surface area (TPSA) is 89.3 Å². The molecule has 0 spiro atoms. The van der Waals surface area contributed by atoms with E-state index in [9.17, 15) is 13.2 Å². The van der Waals surface area contributed by atoms with E-state index in [1.54, 1.807) is 0 Å². The minimum Gasteiger partial charge on any atom is -0.350 e. The van der Waals surface area contributed by atoms with Gasteiger partial charge in [-0.25, -0.2) is 8.42 Å². The molecule has 1 saturated carbocycles. The van der Waals surface area contributed by atoms with Gasteiger partial charge < -0.3 is 11.1 Å². The average molecular weight is 341 g/mol. The molecule has 0 aromatic carbocycles. The first-order valence-electron chi connectivity index (χ1n) is 7.18. The molecule has 3 N–H and O–H groups in total. The van der Waals surface area contributed by atoms with Crippen molar-refractivity contribution in [3.63, 3.8) is 0 Å². The number of sulfone groups is 1. The third-order valence-corrected chi connectivity index (χ3v) is 4.95. The number of carbonyl (C=O) groups is 1. The Bertz CT molecular complexity index is 461. The summed E-state index contributed by atoms with van der Waals surface area (Å²) in [5.41, 5.74) is 5.04. The molecule has 5 nitrogen and oxygen atoms in total. The summed E-state index contributed by atoms with van der Waals surface area (Å²) in [4.78, 5) is 12.2. The van der Waals surface area contributed by atoms with Crippen molar-refractivity contribution in [1.82, 2.24) is 5.32 Å². The van der Waals surface area contributed by atoms with Gasteiger partial charge in [-0.2, -0.15) is 0 Å². The van der Waals surface area contributed by atoms with E-state index in [2.05, 4.69) is 19.2 Å². The zero-order valence-electron chi connectivity index (χ0n) is 13.4. The van der Waals surface area contributed by atoms with Gasteiger partial charge in [0.1, 0.15) is 9.84 Å². The molecule has 7 heteroatoms. The maximum Gasteiger partial charge on any atom is 0.221 e. The number of carbonyl (C=O) groups excluding carboxylic acids is 1. The molecule has 1 fully saturated rings. The highest BCUT2D eigenvalue weighted by atomic mass is 35.5. The summed E-state index contributed by atoms with van der Waals surface area (Å²) in [6.45, 7) is 6.51. The standard InChI is InChI=1S/C14H28N2O3S.ClH/c1-11(2)7-13(3,9-15)16-12(17)8-14(5-6-14)10-20(4,18)19;/h11H,5-10,15H2,1-4H3,(H,16,17);1H. The second-order valence-electron chi connectivity index (χ2n) is 7.16. The minimum atomic E-state index is -3.04. The molecule has 0 bridgehead atoms. The van der Waals surface area contributed by atoms with E-state index in [1.807, 2.05) is 6.92 Å². The van der Waals surface area contributed by atoms with Gasteiger partial charge in [-0.3, -0.25) is 4.79 Å². The largest absolute Gasteiger partial charge is 0.350 e. The highest BCUT2D eigenvalue weighted by molar-refractivity contribution is 7.90. The van der Waals surface area contributed by atoms with Crippen molar-refractivity contribution in [2.24, 2.45) is 17.1 Å². The van der Waals surface area contributed by atoms with Crippen LogP contribution in [0.15, 0.2) is 0 Å². The van der Waals surface area contributed by atoms with Crippen LogP contribution in [0.3, 0.4) is 0 Å². The maximum absolute atomic E-state index is 12.2. The van der Waals surface area contributed by atoms with E-state index in [4.69, 9.17) is 5.73 Å². The molecule has 1 aliphatic carbocycles. The summed E-state index contributed by atoms with van der Waals surface area (Å²) in [5, 5.41) is 3.00. The van der Waals surface area contributed by atoms with Gasteiger partial charge in [-0.1, -0.05) is 13.8 Å². The highest BCUT2D eigenvalue weighted by Crippen LogP contribution is 2.49. The molecule has 1 atom stereocenters. The second-order valence-corrected chi connectivity index (χ2v) is 9.30. The monoisotopic (exact) mass is 340 g/mol. The Morgan fingerprint density at radius 2 is 1.90 bits per heavy atom. The number of amides is 1. The SMILES string of the molecule is CC(C)CC(C)(CN)NC(=O)CC1(CS(C)(=O)=O)CC1.Cl. The summed E-state index contributed by atoms with van der Waals surface area (Å²) < 4.78 is 22.8. The van der Waals surface area contributed by atoms with Gasteiger partial charge in [0.25, 0.3) is 0 Å². The molecule has 126 valence electrons. The lowest BCUT2D eigenvalue weighted by atomic mass is 9.90. The zero-order chi connectivity index (χ0) is 15.6. The summed E-state index contributed by atoms with van der Waals surface area (Å²) in [5.74, 6) is 0.464. The Morgan fingerprint density at radius 3 is 2.24 bits per heavy atom. The van der Waals surface area contributed by atoms with Crippen molar-refractivity contribution in [2.45, 2.75) is 52.0 Å². The predicted molar refractivity (Wildman–Crippen MR) is 88.3 cm³/mol. The number of nitrogens with two attached hydrogens (primary N) is 1. The average Bonchev–Trinajstić information content (AvgIpc) is 2.92. The van der Waals surface area contributed by atoms with E-state index in [0.717, 1.165) is 19.3 Å². The van der Waals surface area contributed by atoms with Crippen molar-refractivity contribution in [2.75, 3.05) is 18.6 Å². The van der Waals surface area contributed by atoms with Crippen LogP contribution < -0.4 is 11.1 Å². The molecule has 0 radical (unpaired) electrons. The smallest absolute Gasteiger partial charge is 0.221 e. The zero-order valence-corrected chi connectivity index (χ0v) is 15.1. The third-order valence-electron chi connectivity index (χ3n) is 3.81. The van der Waals surface area contributed by atoms with E-state index < -0.39 is 15.4 Å². The van der Waals surface area contributed by atoms with E-state index in [0.29, 0.717) is 12.5 Å². The predicted octanol–water partition coefficient (Wildman–Crippen LogP) is 1.50. The van der Waals surface area contributed by atoms with Crippen molar-refractivity contribution < 1.29 is 13.2 Å². The first-order valence-corrected chi connectivity index (χ1v) is 9.24. The van der Waals surface area contributed by atoms with Crippen LogP contribution in [0, 0.1) is 11.3 Å². The maximum atomic E-state index is 12.2. The van der Waals surface area contributed by atoms with Crippen molar-refractivity contribution in [3.05, 3.63) is 0 Å². The van der Waals surface area contributed by atoms with Crippen LogP contribution in [0.2, 0.25) is 0 Å². The van der Waals surface area contributed by atoms with Gasteiger partial charge in [0.2, 0.25) is 5.91 Å². The first kappa shape index (κ1) is 20.7. The summed E-state index contributed by atoms with van der Waals surface area (Å²) in [6, 6.07) is 0.